The summed E-state index contributed by atoms with van der Waals surface area (Å²) in [7, 11) is 5.63. The molecular weight excluding hydrogens is 139 g/mol. The van der Waals surface area contributed by atoms with Crippen LogP contribution < -0.4 is 0 Å². The molecule has 1 fully saturated rings. The molecule has 0 bridgehead atoms. The van der Waals surface area contributed by atoms with E-state index >= 15 is 0 Å². The van der Waals surface area contributed by atoms with Crippen LogP contribution in [0.4, 0.5) is 0 Å². The summed E-state index contributed by atoms with van der Waals surface area (Å²) in [5, 5.41) is 0. The average Bonchev–Trinajstić information content (AvgIpc) is 2.08. The zero-order chi connectivity index (χ0) is 8.48. The molecule has 2 radical (unpaired) electrons. The summed E-state index contributed by atoms with van der Waals surface area (Å²) in [6.45, 7) is 6.51. The zero-order valence-electron chi connectivity index (χ0n) is 7.46. The molecule has 3 heteroatoms. The first-order valence-electron chi connectivity index (χ1n) is 4.07. The Kier molecular flexibility index (Phi) is 2.60. The van der Waals surface area contributed by atoms with Crippen LogP contribution in [-0.2, 0) is 9.47 Å². The minimum atomic E-state index is -0.403. The molecule has 1 aliphatic heterocycles. The summed E-state index contributed by atoms with van der Waals surface area (Å²) < 4.78 is 10.9. The molecule has 62 valence electrons. The highest BCUT2D eigenvalue weighted by atomic mass is 16.7. The molecule has 0 amide bonds. The van der Waals surface area contributed by atoms with Crippen molar-refractivity contribution in [1.29, 1.82) is 0 Å². The van der Waals surface area contributed by atoms with E-state index in [0.717, 1.165) is 6.42 Å². The van der Waals surface area contributed by atoms with Crippen molar-refractivity contribution >= 4 is 7.85 Å². The van der Waals surface area contributed by atoms with Crippen LogP contribution in [0.1, 0.15) is 27.2 Å². The largest absolute Gasteiger partial charge is 0.348 e. The van der Waals surface area contributed by atoms with Gasteiger partial charge in [-0.25, -0.2) is 0 Å². The Morgan fingerprint density at radius 1 is 1.64 bits per heavy atom. The predicted molar refractivity (Wildman–Crippen MR) is 44.7 cm³/mol. The van der Waals surface area contributed by atoms with Crippen LogP contribution in [0, 0.1) is 0 Å². The second kappa shape index (κ2) is 3.15. The third kappa shape index (κ3) is 2.84. The molecule has 2 atom stereocenters. The van der Waals surface area contributed by atoms with Gasteiger partial charge in [0.25, 0.3) is 0 Å². The van der Waals surface area contributed by atoms with Crippen molar-refractivity contribution in [2.45, 2.75) is 44.9 Å². The molecule has 0 aromatic heterocycles. The lowest BCUT2D eigenvalue weighted by Crippen LogP contribution is -2.21. The van der Waals surface area contributed by atoms with Gasteiger partial charge in [0.15, 0.2) is 5.79 Å². The Hall–Kier alpha value is -0.0151. The monoisotopic (exact) mass is 154 g/mol. The fourth-order valence-electron chi connectivity index (χ4n) is 1.29. The number of rotatable bonds is 2. The van der Waals surface area contributed by atoms with Gasteiger partial charge in [-0.1, -0.05) is 12.7 Å². The van der Waals surface area contributed by atoms with Gasteiger partial charge in [-0.2, -0.15) is 0 Å². The van der Waals surface area contributed by atoms with Gasteiger partial charge in [0.05, 0.1) is 20.6 Å². The van der Waals surface area contributed by atoms with Crippen molar-refractivity contribution < 1.29 is 9.47 Å². The molecule has 0 aliphatic carbocycles. The van der Waals surface area contributed by atoms with E-state index in [0.29, 0.717) is 6.61 Å². The van der Waals surface area contributed by atoms with E-state index in [1.165, 1.54) is 0 Å². The lowest BCUT2D eigenvalue weighted by molar-refractivity contribution is -0.138. The summed E-state index contributed by atoms with van der Waals surface area (Å²) in [5.74, 6) is -0.211. The van der Waals surface area contributed by atoms with Crippen molar-refractivity contribution in [2.24, 2.45) is 0 Å². The van der Waals surface area contributed by atoms with E-state index in [9.17, 15) is 0 Å². The molecule has 1 saturated heterocycles. The van der Waals surface area contributed by atoms with Gasteiger partial charge in [-0.3, -0.25) is 0 Å². The van der Waals surface area contributed by atoms with Crippen molar-refractivity contribution in [2.75, 3.05) is 6.61 Å². The SMILES string of the molecule is [B]C(C)C[C@@H]1COC(C)(C)O1. The fourth-order valence-corrected chi connectivity index (χ4v) is 1.29. The molecule has 1 aliphatic rings. The lowest BCUT2D eigenvalue weighted by Gasteiger charge is -2.17. The van der Waals surface area contributed by atoms with Crippen molar-refractivity contribution in [1.82, 2.24) is 0 Å². The fraction of sp³-hybridized carbons (Fsp3) is 1.00. The summed E-state index contributed by atoms with van der Waals surface area (Å²) >= 11 is 0. The Morgan fingerprint density at radius 2 is 2.27 bits per heavy atom. The average molecular weight is 154 g/mol. The summed E-state index contributed by atoms with van der Waals surface area (Å²) in [4.78, 5) is 0. The Morgan fingerprint density at radius 3 is 2.64 bits per heavy atom. The first-order chi connectivity index (χ1) is 4.99. The van der Waals surface area contributed by atoms with Crippen molar-refractivity contribution in [3.8, 4) is 0 Å². The van der Waals surface area contributed by atoms with Crippen LogP contribution in [0.5, 0.6) is 0 Å². The predicted octanol–water partition coefficient (Wildman–Crippen LogP) is 1.50. The molecular formula is C8H15BO2. The van der Waals surface area contributed by atoms with Crippen LogP contribution in [-0.4, -0.2) is 26.3 Å². The highest BCUT2D eigenvalue weighted by Gasteiger charge is 2.32. The second-order valence-corrected chi connectivity index (χ2v) is 3.66. The highest BCUT2D eigenvalue weighted by molar-refractivity contribution is 6.11. The number of hydrogen-bond donors (Lipinski definition) is 0. The van der Waals surface area contributed by atoms with E-state index in [1.807, 2.05) is 20.8 Å². The smallest absolute Gasteiger partial charge is 0.163 e. The molecule has 1 heterocycles. The van der Waals surface area contributed by atoms with Crippen LogP contribution in [0.3, 0.4) is 0 Å². The third-order valence-electron chi connectivity index (χ3n) is 1.70. The quantitative estimate of drug-likeness (QED) is 0.561. The van der Waals surface area contributed by atoms with E-state index in [1.54, 1.807) is 0 Å². The van der Waals surface area contributed by atoms with Gasteiger partial charge in [-0.05, 0) is 20.3 Å². The standard InChI is InChI=1S/C8H15BO2/c1-6(9)4-7-5-10-8(2,3)11-7/h6-7H,4-5H2,1-3H3/t6?,7-/m1/s1. The van der Waals surface area contributed by atoms with E-state index in [2.05, 4.69) is 0 Å². The van der Waals surface area contributed by atoms with Crippen LogP contribution in [0.15, 0.2) is 0 Å². The molecule has 0 saturated carbocycles. The van der Waals surface area contributed by atoms with E-state index in [4.69, 9.17) is 17.3 Å². The van der Waals surface area contributed by atoms with Gasteiger partial charge in [0, 0.05) is 0 Å². The Labute approximate surface area is 69.7 Å². The van der Waals surface area contributed by atoms with Gasteiger partial charge in [-0.15, -0.1) is 0 Å². The molecule has 0 N–H and O–H groups in total. The first-order valence-corrected chi connectivity index (χ1v) is 4.07. The molecule has 11 heavy (non-hydrogen) atoms. The Balaban J connectivity index is 2.31. The molecule has 0 aromatic carbocycles. The molecule has 2 nitrogen and oxygen atoms in total. The third-order valence-corrected chi connectivity index (χ3v) is 1.70. The highest BCUT2D eigenvalue weighted by Crippen LogP contribution is 2.26. The van der Waals surface area contributed by atoms with Crippen LogP contribution in [0.2, 0.25) is 5.82 Å². The minimum absolute atomic E-state index is 0.185. The Bertz CT molecular complexity index is 134. The molecule has 1 unspecified atom stereocenters. The summed E-state index contributed by atoms with van der Waals surface area (Å²) in [6.07, 6.45) is 1.06. The molecule has 0 aromatic rings. The number of hydrogen-bond acceptors (Lipinski definition) is 2. The first kappa shape index (κ1) is 9.08. The van der Waals surface area contributed by atoms with Gasteiger partial charge in [0.1, 0.15) is 0 Å². The maximum Gasteiger partial charge on any atom is 0.163 e. The van der Waals surface area contributed by atoms with Crippen molar-refractivity contribution in [3.05, 3.63) is 0 Å². The van der Waals surface area contributed by atoms with Crippen LogP contribution >= 0.6 is 0 Å². The van der Waals surface area contributed by atoms with Gasteiger partial charge < -0.3 is 9.47 Å². The normalized spacial score (nSPS) is 32.1. The summed E-state index contributed by atoms with van der Waals surface area (Å²) in [5.41, 5.74) is 0. The topological polar surface area (TPSA) is 18.5 Å². The van der Waals surface area contributed by atoms with Gasteiger partial charge >= 0.3 is 0 Å². The van der Waals surface area contributed by atoms with Crippen molar-refractivity contribution in [3.63, 3.8) is 0 Å². The number of ether oxygens (including phenoxy) is 2. The maximum absolute atomic E-state index is 5.63. The van der Waals surface area contributed by atoms with E-state index < -0.39 is 5.79 Å². The molecule has 1 rings (SSSR count). The maximum atomic E-state index is 5.63. The lowest BCUT2D eigenvalue weighted by atomic mass is 9.85. The van der Waals surface area contributed by atoms with Gasteiger partial charge in [0.2, 0.25) is 0 Å². The zero-order valence-corrected chi connectivity index (χ0v) is 7.46. The minimum Gasteiger partial charge on any atom is -0.348 e. The molecule has 0 spiro atoms. The van der Waals surface area contributed by atoms with E-state index in [-0.39, 0.29) is 11.9 Å². The summed E-state index contributed by atoms with van der Waals surface area (Å²) in [6, 6.07) is 0. The second-order valence-electron chi connectivity index (χ2n) is 3.66. The van der Waals surface area contributed by atoms with Crippen LogP contribution in [0.25, 0.3) is 0 Å².